The van der Waals surface area contributed by atoms with Gasteiger partial charge in [0.2, 0.25) is 0 Å². The molecule has 0 fully saturated rings. The van der Waals surface area contributed by atoms with Crippen LogP contribution in [0.3, 0.4) is 0 Å². The highest BCUT2D eigenvalue weighted by molar-refractivity contribution is 6.16. The van der Waals surface area contributed by atoms with Gasteiger partial charge in [0.15, 0.2) is 0 Å². The molecule has 0 spiro atoms. The lowest BCUT2D eigenvalue weighted by Gasteiger charge is -2.06. The molecule has 0 N–H and O–H groups in total. The molecule has 4 nitrogen and oxygen atoms in total. The Hall–Kier alpha value is -1.94. The molecule has 5 heteroatoms. The van der Waals surface area contributed by atoms with Gasteiger partial charge in [-0.1, -0.05) is 12.1 Å². The third-order valence-corrected chi connectivity index (χ3v) is 3.38. The summed E-state index contributed by atoms with van der Waals surface area (Å²) in [6.07, 6.45) is 3.30. The van der Waals surface area contributed by atoms with Gasteiger partial charge in [0.1, 0.15) is 12.2 Å². The van der Waals surface area contributed by atoms with E-state index < -0.39 is 0 Å². The Morgan fingerprint density at radius 2 is 2.16 bits per heavy atom. The average Bonchev–Trinajstić information content (AvgIpc) is 2.80. The van der Waals surface area contributed by atoms with Gasteiger partial charge in [0, 0.05) is 6.20 Å². The number of aromatic nitrogens is 4. The molecule has 19 heavy (non-hydrogen) atoms. The highest BCUT2D eigenvalue weighted by Crippen LogP contribution is 2.21. The minimum absolute atomic E-state index is 0.388. The van der Waals surface area contributed by atoms with E-state index in [1.54, 1.807) is 12.5 Å². The molecule has 0 unspecified atom stereocenters. The smallest absolute Gasteiger partial charge is 0.125 e. The number of nitrogens with zero attached hydrogens (tertiary/aromatic N) is 4. The first-order chi connectivity index (χ1) is 9.29. The number of fused-ring (bicyclic) bond motifs is 1. The molecule has 0 saturated heterocycles. The van der Waals surface area contributed by atoms with Gasteiger partial charge in [0.05, 0.1) is 29.2 Å². The fourth-order valence-corrected chi connectivity index (χ4v) is 2.39. The zero-order valence-electron chi connectivity index (χ0n) is 10.5. The van der Waals surface area contributed by atoms with Crippen LogP contribution < -0.4 is 0 Å². The topological polar surface area (TPSA) is 43.6 Å². The first kappa shape index (κ1) is 12.1. The number of hydrogen-bond donors (Lipinski definition) is 0. The van der Waals surface area contributed by atoms with Crippen molar-refractivity contribution in [3.63, 3.8) is 0 Å². The lowest BCUT2D eigenvalue weighted by molar-refractivity contribution is 0.754. The van der Waals surface area contributed by atoms with E-state index in [4.69, 9.17) is 11.6 Å². The number of hydrogen-bond acceptors (Lipinski definition) is 3. The van der Waals surface area contributed by atoms with Crippen LogP contribution in [-0.4, -0.2) is 19.5 Å². The van der Waals surface area contributed by atoms with Gasteiger partial charge in [0.25, 0.3) is 0 Å². The molecule has 0 bridgehead atoms. The number of aryl methyl sites for hydroxylation is 1. The second kappa shape index (κ2) is 4.97. The highest BCUT2D eigenvalue weighted by atomic mass is 35.5. The summed E-state index contributed by atoms with van der Waals surface area (Å²) in [6, 6.07) is 8.06. The molecule has 1 aromatic carbocycles. The first-order valence-electron chi connectivity index (χ1n) is 6.05. The Morgan fingerprint density at radius 3 is 2.89 bits per heavy atom. The summed E-state index contributed by atoms with van der Waals surface area (Å²) in [6.45, 7) is 2.72. The molecule has 0 aliphatic rings. The van der Waals surface area contributed by atoms with Crippen LogP contribution in [0.5, 0.6) is 0 Å². The number of rotatable bonds is 3. The van der Waals surface area contributed by atoms with Gasteiger partial charge < -0.3 is 4.57 Å². The van der Waals surface area contributed by atoms with Crippen LogP contribution in [0.4, 0.5) is 0 Å². The van der Waals surface area contributed by atoms with E-state index >= 15 is 0 Å². The SMILES string of the molecule is Cc1cccc2c1nc(CCl)n2Cc1ccncn1. The number of halogens is 1. The van der Waals surface area contributed by atoms with Gasteiger partial charge in [-0.05, 0) is 24.6 Å². The fourth-order valence-electron chi connectivity index (χ4n) is 2.19. The van der Waals surface area contributed by atoms with Crippen LogP contribution in [0.15, 0.2) is 36.8 Å². The molecule has 0 radical (unpaired) electrons. The third-order valence-electron chi connectivity index (χ3n) is 3.14. The van der Waals surface area contributed by atoms with E-state index in [1.165, 1.54) is 0 Å². The molecule has 2 aromatic heterocycles. The Labute approximate surface area is 116 Å². The zero-order valence-corrected chi connectivity index (χ0v) is 11.3. The van der Waals surface area contributed by atoms with Crippen LogP contribution in [0.2, 0.25) is 0 Å². The van der Waals surface area contributed by atoms with Gasteiger partial charge >= 0.3 is 0 Å². The van der Waals surface area contributed by atoms with Gasteiger partial charge in [-0.15, -0.1) is 11.6 Å². The predicted molar refractivity (Wildman–Crippen MR) is 75.2 cm³/mol. The fraction of sp³-hybridized carbons (Fsp3) is 0.214. The molecular weight excluding hydrogens is 260 g/mol. The number of alkyl halides is 1. The quantitative estimate of drug-likeness (QED) is 0.689. The Bertz CT molecular complexity index is 706. The molecule has 0 saturated carbocycles. The molecule has 0 aliphatic heterocycles. The third kappa shape index (κ3) is 2.19. The van der Waals surface area contributed by atoms with Crippen molar-refractivity contribution in [1.82, 2.24) is 19.5 Å². The Kier molecular flexibility index (Phi) is 3.17. The molecular formula is C14H13ClN4. The monoisotopic (exact) mass is 272 g/mol. The number of para-hydroxylation sites is 1. The minimum Gasteiger partial charge on any atom is -0.321 e. The summed E-state index contributed by atoms with van der Waals surface area (Å²) in [4.78, 5) is 12.8. The van der Waals surface area contributed by atoms with Crippen molar-refractivity contribution in [1.29, 1.82) is 0 Å². The summed E-state index contributed by atoms with van der Waals surface area (Å²) in [5.74, 6) is 1.25. The zero-order chi connectivity index (χ0) is 13.2. The normalized spacial score (nSPS) is 11.1. The largest absolute Gasteiger partial charge is 0.321 e. The van der Waals surface area contributed by atoms with Crippen LogP contribution in [0.1, 0.15) is 17.1 Å². The maximum atomic E-state index is 6.01. The van der Waals surface area contributed by atoms with Crippen LogP contribution >= 0.6 is 11.6 Å². The van der Waals surface area contributed by atoms with Crippen LogP contribution in [0.25, 0.3) is 11.0 Å². The number of benzene rings is 1. The molecule has 96 valence electrons. The minimum atomic E-state index is 0.388. The predicted octanol–water partition coefficient (Wildman–Crippen LogP) is 2.92. The molecule has 0 aliphatic carbocycles. The van der Waals surface area contributed by atoms with E-state index in [-0.39, 0.29) is 0 Å². The van der Waals surface area contributed by atoms with Gasteiger partial charge in [-0.3, -0.25) is 0 Å². The highest BCUT2D eigenvalue weighted by Gasteiger charge is 2.11. The summed E-state index contributed by atoms with van der Waals surface area (Å²) in [5, 5.41) is 0. The summed E-state index contributed by atoms with van der Waals surface area (Å²) in [7, 11) is 0. The summed E-state index contributed by atoms with van der Waals surface area (Å²) in [5.41, 5.74) is 4.20. The van der Waals surface area contributed by atoms with Crippen molar-refractivity contribution in [3.8, 4) is 0 Å². The molecule has 3 aromatic rings. The van der Waals surface area contributed by atoms with Gasteiger partial charge in [-0.25, -0.2) is 15.0 Å². The molecule has 3 rings (SSSR count). The van der Waals surface area contributed by atoms with Crippen LogP contribution in [-0.2, 0) is 12.4 Å². The first-order valence-corrected chi connectivity index (χ1v) is 6.58. The van der Waals surface area contributed by atoms with Crippen molar-refractivity contribution in [3.05, 3.63) is 53.9 Å². The van der Waals surface area contributed by atoms with E-state index in [0.717, 1.165) is 28.1 Å². The standard InChI is InChI=1S/C14H13ClN4/c1-10-3-2-4-12-14(10)18-13(7-15)19(12)8-11-5-6-16-9-17-11/h2-6,9H,7-8H2,1H3. The van der Waals surface area contributed by atoms with Crippen LogP contribution in [0, 0.1) is 6.92 Å². The second-order valence-electron chi connectivity index (χ2n) is 4.39. The lowest BCUT2D eigenvalue weighted by Crippen LogP contribution is -2.05. The van der Waals surface area contributed by atoms with E-state index in [0.29, 0.717) is 12.4 Å². The summed E-state index contributed by atoms with van der Waals surface area (Å²) >= 11 is 6.01. The number of imidazole rings is 1. The maximum absolute atomic E-state index is 6.01. The molecule has 0 atom stereocenters. The summed E-state index contributed by atoms with van der Waals surface area (Å²) < 4.78 is 2.11. The lowest BCUT2D eigenvalue weighted by atomic mass is 10.2. The van der Waals surface area contributed by atoms with Crippen molar-refractivity contribution < 1.29 is 0 Å². The van der Waals surface area contributed by atoms with E-state index in [9.17, 15) is 0 Å². The van der Waals surface area contributed by atoms with Crippen molar-refractivity contribution >= 4 is 22.6 Å². The Balaban J connectivity index is 2.14. The molecule has 0 amide bonds. The van der Waals surface area contributed by atoms with Crippen molar-refractivity contribution in [2.45, 2.75) is 19.3 Å². The van der Waals surface area contributed by atoms with Crippen molar-refractivity contribution in [2.24, 2.45) is 0 Å². The van der Waals surface area contributed by atoms with Gasteiger partial charge in [-0.2, -0.15) is 0 Å². The maximum Gasteiger partial charge on any atom is 0.125 e. The van der Waals surface area contributed by atoms with Crippen molar-refractivity contribution in [2.75, 3.05) is 0 Å². The molecule has 2 heterocycles. The van der Waals surface area contributed by atoms with E-state index in [2.05, 4.69) is 38.6 Å². The average molecular weight is 273 g/mol. The van der Waals surface area contributed by atoms with E-state index in [1.807, 2.05) is 12.1 Å². The Morgan fingerprint density at radius 1 is 1.26 bits per heavy atom. The second-order valence-corrected chi connectivity index (χ2v) is 4.66.